The molecule has 0 aliphatic carbocycles. The fraction of sp³-hybridized carbons (Fsp3) is 0.806. The van der Waals surface area contributed by atoms with E-state index in [1.165, 1.54) is 0 Å². The van der Waals surface area contributed by atoms with E-state index in [1.807, 2.05) is 27.7 Å². The second kappa shape index (κ2) is 47.8. The zero-order valence-electron chi connectivity index (χ0n) is 55.7. The van der Waals surface area contributed by atoms with Gasteiger partial charge in [-0.05, 0) is 49.4 Å². The molecule has 17 unspecified atom stereocenters. The summed E-state index contributed by atoms with van der Waals surface area (Å²) in [4.78, 5) is 179. The number of aliphatic hydroxyl groups excluding tert-OH is 2. The highest BCUT2D eigenvalue weighted by Crippen LogP contribution is 2.50. The molecule has 0 heterocycles. The first-order chi connectivity index (χ1) is 44.8. The van der Waals surface area contributed by atoms with Gasteiger partial charge in [-0.3, -0.25) is 57.5 Å². The molecule has 28 nitrogen and oxygen atoms in total. The molecular weight excluding hydrogens is 1250 g/mol. The predicted octanol–water partition coefficient (Wildman–Crippen LogP) is 9.86. The molecule has 0 rings (SSSR count). The average molecular weight is 1360 g/mol. The molecule has 17 atom stereocenters. The number of aliphatic hydroxyl groups is 2. The fourth-order valence-corrected chi connectivity index (χ4v) is 14.6. The number of unbranched alkanes of at least 4 members (excludes halogenated alkanes) is 24. The molecule has 95 heavy (non-hydrogen) atoms. The van der Waals surface area contributed by atoms with Gasteiger partial charge in [0.15, 0.2) is 6.10 Å². The van der Waals surface area contributed by atoms with Gasteiger partial charge in [-0.2, -0.15) is 0 Å². The highest BCUT2D eigenvalue weighted by Gasteiger charge is 2.62. The minimum Gasteiger partial charge on any atom is -0.481 e. The van der Waals surface area contributed by atoms with Crippen LogP contribution in [0.4, 0.5) is 0 Å². The van der Waals surface area contributed by atoms with Crippen LogP contribution in [0.1, 0.15) is 233 Å². The SMILES string of the molecule is CCCCCCCCCC(C(CO)C(=O)O)C(C(=O)O)C(C(=O)O)C(C(=O)O)C(CCCCCCCCC)C(C(=O)O)C(C(=O)O)C(C(=O)O)C(CCCCCCCCC)C(C(=O)O)C(C(=O)O)C(C(=O)O)C(CCCCCCCCC)C(C(=O)O)C(C(=O)O)C(O)C(=O)O. The van der Waals surface area contributed by atoms with Crippen molar-refractivity contribution in [2.24, 2.45) is 94.7 Å². The molecule has 546 valence electrons. The molecule has 0 radical (unpaired) electrons. The fourth-order valence-electron chi connectivity index (χ4n) is 14.6. The van der Waals surface area contributed by atoms with Gasteiger partial charge < -0.3 is 76.6 Å². The van der Waals surface area contributed by atoms with E-state index >= 15 is 0 Å². The van der Waals surface area contributed by atoms with Crippen LogP contribution in [0.25, 0.3) is 0 Å². The zero-order chi connectivity index (χ0) is 72.7. The minimum atomic E-state index is -3.21. The van der Waals surface area contributed by atoms with Gasteiger partial charge in [-0.25, -0.2) is 4.79 Å². The number of hydrogen-bond acceptors (Lipinski definition) is 15. The van der Waals surface area contributed by atoms with Crippen LogP contribution in [-0.2, 0) is 62.3 Å². The second-order valence-corrected chi connectivity index (χ2v) is 25.7. The van der Waals surface area contributed by atoms with Gasteiger partial charge in [-0.1, -0.05) is 207 Å². The van der Waals surface area contributed by atoms with E-state index in [0.717, 1.165) is 57.8 Å². The number of rotatable bonds is 62. The molecule has 0 fully saturated rings. The largest absolute Gasteiger partial charge is 0.481 e. The molecule has 0 aromatic rings. The Morgan fingerprint density at radius 2 is 0.379 bits per heavy atom. The van der Waals surface area contributed by atoms with Crippen LogP contribution in [0.2, 0.25) is 0 Å². The first kappa shape index (κ1) is 88.0. The topological polar surface area (TPSA) is 525 Å². The number of hydrogen-bond donors (Lipinski definition) is 15. The molecule has 0 saturated carbocycles. The van der Waals surface area contributed by atoms with E-state index in [2.05, 4.69) is 0 Å². The molecular formula is C67H110O28. The number of carbonyl (C=O) groups is 13. The summed E-state index contributed by atoms with van der Waals surface area (Å²) in [7, 11) is 0. The standard InChI is InChI=1S/C67H110O28/c1-5-9-13-17-21-25-29-33-38(42(37-68)55(70)71)43(56(72)73)50(63(86)87)44(57(74)75)39(34-30-26-22-18-14-10-6-2)45(58(76)77)51(64(88)89)46(59(78)79)40(35-31-27-23-19-15-11-7-3)47(60(80)81)52(65(90)91)48(61(82)83)41(36-32-28-24-20-16-12-8-4)49(62(84)85)53(66(92)93)54(69)67(94)95/h38-54,68-69H,5-37H2,1-4H3,(H,70,71)(H,72,73)(H,74,75)(H,76,77)(H,78,79)(H,80,81)(H,82,83)(H,84,85)(H,86,87)(H,88,89)(H,90,91)(H,92,93)(H,94,95). The van der Waals surface area contributed by atoms with Gasteiger partial charge in [0.25, 0.3) is 0 Å². The molecule has 0 aromatic carbocycles. The van der Waals surface area contributed by atoms with Gasteiger partial charge in [-0.15, -0.1) is 0 Å². The molecule has 0 aliphatic rings. The quantitative estimate of drug-likeness (QED) is 0.0252. The van der Waals surface area contributed by atoms with Crippen molar-refractivity contribution in [2.45, 2.75) is 239 Å². The Morgan fingerprint density at radius 1 is 0.211 bits per heavy atom. The van der Waals surface area contributed by atoms with Crippen LogP contribution < -0.4 is 0 Å². The monoisotopic (exact) mass is 1360 g/mol. The Morgan fingerprint density at radius 3 is 0.547 bits per heavy atom. The maximum atomic E-state index is 14.5. The van der Waals surface area contributed by atoms with Crippen molar-refractivity contribution in [1.82, 2.24) is 0 Å². The highest BCUT2D eigenvalue weighted by molar-refractivity contribution is 5.91. The van der Waals surface area contributed by atoms with Gasteiger partial charge >= 0.3 is 77.6 Å². The lowest BCUT2D eigenvalue weighted by Gasteiger charge is -2.43. The zero-order valence-corrected chi connectivity index (χ0v) is 55.7. The Bertz CT molecular complexity index is 2410. The van der Waals surface area contributed by atoms with Crippen molar-refractivity contribution in [3.8, 4) is 0 Å². The Balaban J connectivity index is 9.64. The van der Waals surface area contributed by atoms with Crippen molar-refractivity contribution in [3.05, 3.63) is 0 Å². The van der Waals surface area contributed by atoms with Crippen LogP contribution >= 0.6 is 0 Å². The van der Waals surface area contributed by atoms with E-state index < -0.39 is 211 Å². The normalized spacial score (nSPS) is 17.0. The Labute approximate surface area is 555 Å². The van der Waals surface area contributed by atoms with Crippen molar-refractivity contribution in [2.75, 3.05) is 6.61 Å². The molecule has 15 N–H and O–H groups in total. The van der Waals surface area contributed by atoms with Crippen molar-refractivity contribution in [3.63, 3.8) is 0 Å². The van der Waals surface area contributed by atoms with E-state index in [0.29, 0.717) is 77.0 Å². The minimum absolute atomic E-state index is 0.00122. The van der Waals surface area contributed by atoms with Crippen molar-refractivity contribution < 1.29 is 139 Å². The maximum Gasteiger partial charge on any atom is 0.333 e. The molecule has 0 amide bonds. The number of carboxylic acid groups (broad SMARTS) is 13. The predicted molar refractivity (Wildman–Crippen MR) is 339 cm³/mol. The Hall–Kier alpha value is -6.97. The summed E-state index contributed by atoms with van der Waals surface area (Å²) in [6, 6.07) is 0. The smallest absolute Gasteiger partial charge is 0.333 e. The number of aliphatic carboxylic acids is 13. The molecule has 0 bridgehead atoms. The van der Waals surface area contributed by atoms with Crippen LogP contribution in [0.15, 0.2) is 0 Å². The summed E-state index contributed by atoms with van der Waals surface area (Å²) >= 11 is 0. The van der Waals surface area contributed by atoms with Crippen molar-refractivity contribution >= 4 is 77.6 Å². The summed E-state index contributed by atoms with van der Waals surface area (Å²) in [6.45, 7) is 6.36. The van der Waals surface area contributed by atoms with E-state index in [-0.39, 0.29) is 44.9 Å². The van der Waals surface area contributed by atoms with Gasteiger partial charge in [0.2, 0.25) is 0 Å². The lowest BCUT2D eigenvalue weighted by Crippen LogP contribution is -2.55. The van der Waals surface area contributed by atoms with Gasteiger partial charge in [0.05, 0.1) is 71.7 Å². The first-order valence-corrected chi connectivity index (χ1v) is 34.1. The van der Waals surface area contributed by atoms with E-state index in [9.17, 15) is 139 Å². The third kappa shape index (κ3) is 29.1. The van der Waals surface area contributed by atoms with Crippen LogP contribution in [-0.4, -0.2) is 167 Å². The molecule has 0 aliphatic heterocycles. The Kier molecular flexibility index (Phi) is 44.3. The second-order valence-electron chi connectivity index (χ2n) is 25.7. The summed E-state index contributed by atoms with van der Waals surface area (Å²) in [5.74, 6) is -74.8. The summed E-state index contributed by atoms with van der Waals surface area (Å²) < 4.78 is 0. The third-order valence-corrected chi connectivity index (χ3v) is 19.3. The maximum absolute atomic E-state index is 14.5. The summed E-state index contributed by atoms with van der Waals surface area (Å²) in [5, 5.41) is 166. The van der Waals surface area contributed by atoms with Crippen LogP contribution in [0.5, 0.6) is 0 Å². The molecule has 0 spiro atoms. The van der Waals surface area contributed by atoms with Gasteiger partial charge in [0.1, 0.15) is 5.92 Å². The highest BCUT2D eigenvalue weighted by atomic mass is 16.4. The lowest BCUT2D eigenvalue weighted by atomic mass is 9.57. The molecule has 0 saturated heterocycles. The van der Waals surface area contributed by atoms with Crippen molar-refractivity contribution in [1.29, 1.82) is 0 Å². The number of carboxylic acids is 13. The van der Waals surface area contributed by atoms with Gasteiger partial charge in [0, 0.05) is 0 Å². The summed E-state index contributed by atoms with van der Waals surface area (Å²) in [6.07, 6.45) is 6.26. The third-order valence-electron chi connectivity index (χ3n) is 19.3. The molecule has 0 aromatic heterocycles. The van der Waals surface area contributed by atoms with Crippen LogP contribution in [0.3, 0.4) is 0 Å². The van der Waals surface area contributed by atoms with Crippen LogP contribution in [0, 0.1) is 94.7 Å². The lowest BCUT2D eigenvalue weighted by molar-refractivity contribution is -0.181. The first-order valence-electron chi connectivity index (χ1n) is 34.1. The van der Waals surface area contributed by atoms with E-state index in [1.54, 1.807) is 0 Å². The molecule has 28 heteroatoms. The average Bonchev–Trinajstić information content (AvgIpc) is 0.764. The van der Waals surface area contributed by atoms with E-state index in [4.69, 9.17) is 0 Å². The summed E-state index contributed by atoms with van der Waals surface area (Å²) in [5.41, 5.74) is 0.